The van der Waals surface area contributed by atoms with Crippen LogP contribution >= 0.6 is 0 Å². The van der Waals surface area contributed by atoms with E-state index >= 15 is 0 Å². The van der Waals surface area contributed by atoms with E-state index in [0.29, 0.717) is 12.8 Å². The predicted molar refractivity (Wildman–Crippen MR) is 78.2 cm³/mol. The number of methoxy groups -OCH3 is 1. The second-order valence-corrected chi connectivity index (χ2v) is 5.59. The zero-order chi connectivity index (χ0) is 15.3. The highest BCUT2D eigenvalue weighted by atomic mass is 16.5. The molecule has 21 heavy (non-hydrogen) atoms. The molecule has 5 heteroatoms. The summed E-state index contributed by atoms with van der Waals surface area (Å²) < 4.78 is 5.06. The Morgan fingerprint density at radius 1 is 1.24 bits per heavy atom. The van der Waals surface area contributed by atoms with Crippen LogP contribution in [0.4, 0.5) is 0 Å². The average molecular weight is 291 g/mol. The Hall–Kier alpha value is -2.04. The molecule has 1 saturated carbocycles. The van der Waals surface area contributed by atoms with Crippen LogP contribution in [0.5, 0.6) is 5.75 Å². The minimum absolute atomic E-state index is 0.146. The molecule has 0 saturated heterocycles. The van der Waals surface area contributed by atoms with Gasteiger partial charge in [-0.3, -0.25) is 9.59 Å². The first-order valence-corrected chi connectivity index (χ1v) is 7.19. The Morgan fingerprint density at radius 3 is 2.38 bits per heavy atom. The van der Waals surface area contributed by atoms with Crippen molar-refractivity contribution in [2.75, 3.05) is 13.7 Å². The van der Waals surface area contributed by atoms with Crippen molar-refractivity contribution in [3.63, 3.8) is 0 Å². The number of carboxylic acid groups (broad SMARTS) is 1. The maximum absolute atomic E-state index is 12.0. The van der Waals surface area contributed by atoms with Gasteiger partial charge < -0.3 is 15.2 Å². The summed E-state index contributed by atoms with van der Waals surface area (Å²) in [6, 6.07) is 7.28. The van der Waals surface area contributed by atoms with Crippen LogP contribution in [-0.4, -0.2) is 30.6 Å². The maximum atomic E-state index is 12.0. The van der Waals surface area contributed by atoms with Crippen LogP contribution in [0.2, 0.25) is 0 Å². The molecule has 2 rings (SSSR count). The Kier molecular flexibility index (Phi) is 4.83. The molecule has 0 heterocycles. The fraction of sp³-hybridized carbons (Fsp3) is 0.500. The predicted octanol–water partition coefficient (Wildman–Crippen LogP) is 2.00. The molecule has 2 N–H and O–H groups in total. The van der Waals surface area contributed by atoms with E-state index in [1.165, 1.54) is 0 Å². The van der Waals surface area contributed by atoms with E-state index in [4.69, 9.17) is 4.74 Å². The number of amides is 1. The van der Waals surface area contributed by atoms with Gasteiger partial charge in [-0.2, -0.15) is 0 Å². The molecule has 1 amide bonds. The lowest BCUT2D eigenvalue weighted by molar-refractivity contribution is -0.148. The highest BCUT2D eigenvalue weighted by molar-refractivity contribution is 5.80. The topological polar surface area (TPSA) is 75.6 Å². The lowest BCUT2D eigenvalue weighted by Crippen LogP contribution is -2.41. The molecule has 0 unspecified atom stereocenters. The SMILES string of the molecule is COc1ccc(CC(=O)NCC2(C(=O)O)CCCC2)cc1. The van der Waals surface area contributed by atoms with Gasteiger partial charge in [0.25, 0.3) is 0 Å². The monoisotopic (exact) mass is 291 g/mol. The molecule has 0 aliphatic heterocycles. The molecule has 5 nitrogen and oxygen atoms in total. The van der Waals surface area contributed by atoms with Crippen LogP contribution in [-0.2, 0) is 16.0 Å². The molecule has 1 aromatic carbocycles. The van der Waals surface area contributed by atoms with Gasteiger partial charge in [0.1, 0.15) is 5.75 Å². The highest BCUT2D eigenvalue weighted by Crippen LogP contribution is 2.37. The third kappa shape index (κ3) is 3.74. The highest BCUT2D eigenvalue weighted by Gasteiger charge is 2.41. The number of hydrogen-bond donors (Lipinski definition) is 2. The minimum Gasteiger partial charge on any atom is -0.497 e. The molecule has 0 atom stereocenters. The summed E-state index contributed by atoms with van der Waals surface area (Å²) in [5, 5.41) is 12.1. The first-order valence-electron chi connectivity index (χ1n) is 7.19. The normalized spacial score (nSPS) is 16.4. The number of carboxylic acids is 1. The molecule has 114 valence electrons. The van der Waals surface area contributed by atoms with Gasteiger partial charge in [0.05, 0.1) is 18.9 Å². The number of ether oxygens (including phenoxy) is 1. The van der Waals surface area contributed by atoms with Gasteiger partial charge in [-0.15, -0.1) is 0 Å². The third-order valence-electron chi connectivity index (χ3n) is 4.16. The standard InChI is InChI=1S/C16H21NO4/c1-21-13-6-4-12(5-7-13)10-14(18)17-11-16(15(19)20)8-2-3-9-16/h4-7H,2-3,8-11H2,1H3,(H,17,18)(H,19,20). The summed E-state index contributed by atoms with van der Waals surface area (Å²) >= 11 is 0. The van der Waals surface area contributed by atoms with Gasteiger partial charge in [0, 0.05) is 6.54 Å². The van der Waals surface area contributed by atoms with E-state index in [0.717, 1.165) is 24.2 Å². The average Bonchev–Trinajstić information content (AvgIpc) is 2.96. The summed E-state index contributed by atoms with van der Waals surface area (Å²) in [6.45, 7) is 0.220. The fourth-order valence-electron chi connectivity index (χ4n) is 2.78. The Bertz CT molecular complexity index is 504. The zero-order valence-corrected chi connectivity index (χ0v) is 12.2. The van der Waals surface area contributed by atoms with Crippen LogP contribution in [0, 0.1) is 5.41 Å². The van der Waals surface area contributed by atoms with Gasteiger partial charge in [-0.25, -0.2) is 0 Å². The summed E-state index contributed by atoms with van der Waals surface area (Å²) in [7, 11) is 1.59. The number of nitrogens with one attached hydrogen (secondary N) is 1. The zero-order valence-electron chi connectivity index (χ0n) is 12.2. The smallest absolute Gasteiger partial charge is 0.311 e. The number of aliphatic carboxylic acids is 1. The van der Waals surface area contributed by atoms with E-state index in [1.54, 1.807) is 19.2 Å². The summed E-state index contributed by atoms with van der Waals surface area (Å²) in [6.07, 6.45) is 3.37. The van der Waals surface area contributed by atoms with Crippen LogP contribution in [0.15, 0.2) is 24.3 Å². The van der Waals surface area contributed by atoms with Crippen molar-refractivity contribution in [1.82, 2.24) is 5.32 Å². The molecule has 1 aliphatic rings. The van der Waals surface area contributed by atoms with Gasteiger partial charge in [0.2, 0.25) is 5.91 Å². The number of carbonyl (C=O) groups is 2. The number of hydrogen-bond acceptors (Lipinski definition) is 3. The lowest BCUT2D eigenvalue weighted by atomic mass is 9.86. The molecule has 0 bridgehead atoms. The lowest BCUT2D eigenvalue weighted by Gasteiger charge is -2.23. The fourth-order valence-corrected chi connectivity index (χ4v) is 2.78. The van der Waals surface area contributed by atoms with Crippen molar-refractivity contribution >= 4 is 11.9 Å². The van der Waals surface area contributed by atoms with E-state index in [1.807, 2.05) is 12.1 Å². The Morgan fingerprint density at radius 2 is 1.86 bits per heavy atom. The largest absolute Gasteiger partial charge is 0.497 e. The number of carbonyl (C=O) groups excluding carboxylic acids is 1. The summed E-state index contributed by atoms with van der Waals surface area (Å²) in [5.74, 6) is -0.201. The van der Waals surface area contributed by atoms with E-state index < -0.39 is 11.4 Å². The molecule has 0 aromatic heterocycles. The van der Waals surface area contributed by atoms with Crippen molar-refractivity contribution in [2.45, 2.75) is 32.1 Å². The molecule has 1 aliphatic carbocycles. The molecule has 1 aromatic rings. The van der Waals surface area contributed by atoms with Crippen LogP contribution in [0.25, 0.3) is 0 Å². The van der Waals surface area contributed by atoms with Crippen LogP contribution < -0.4 is 10.1 Å². The Labute approximate surface area is 124 Å². The first-order chi connectivity index (χ1) is 10.1. The van der Waals surface area contributed by atoms with Gasteiger partial charge in [-0.1, -0.05) is 25.0 Å². The van der Waals surface area contributed by atoms with Crippen molar-refractivity contribution in [3.8, 4) is 5.75 Å². The van der Waals surface area contributed by atoms with Crippen molar-refractivity contribution in [2.24, 2.45) is 5.41 Å². The van der Waals surface area contributed by atoms with Crippen molar-refractivity contribution in [1.29, 1.82) is 0 Å². The van der Waals surface area contributed by atoms with Crippen LogP contribution in [0.1, 0.15) is 31.2 Å². The van der Waals surface area contributed by atoms with Crippen LogP contribution in [0.3, 0.4) is 0 Å². The van der Waals surface area contributed by atoms with E-state index in [2.05, 4.69) is 5.32 Å². The molecular weight excluding hydrogens is 270 g/mol. The van der Waals surface area contributed by atoms with Crippen molar-refractivity contribution < 1.29 is 19.4 Å². The summed E-state index contributed by atoms with van der Waals surface area (Å²) in [4.78, 5) is 23.4. The van der Waals surface area contributed by atoms with Crippen molar-refractivity contribution in [3.05, 3.63) is 29.8 Å². The van der Waals surface area contributed by atoms with Gasteiger partial charge in [0.15, 0.2) is 0 Å². The first kappa shape index (κ1) is 15.4. The summed E-state index contributed by atoms with van der Waals surface area (Å²) in [5.41, 5.74) is 0.111. The molecular formula is C16H21NO4. The van der Waals surface area contributed by atoms with Gasteiger partial charge in [-0.05, 0) is 30.5 Å². The second kappa shape index (κ2) is 6.61. The number of rotatable bonds is 6. The van der Waals surface area contributed by atoms with Gasteiger partial charge >= 0.3 is 5.97 Å². The minimum atomic E-state index is -0.801. The molecule has 0 radical (unpaired) electrons. The number of benzene rings is 1. The molecule has 1 fully saturated rings. The molecule has 0 spiro atoms. The third-order valence-corrected chi connectivity index (χ3v) is 4.16. The quantitative estimate of drug-likeness (QED) is 0.840. The Balaban J connectivity index is 1.87. The maximum Gasteiger partial charge on any atom is 0.311 e. The second-order valence-electron chi connectivity index (χ2n) is 5.59. The van der Waals surface area contributed by atoms with E-state index in [-0.39, 0.29) is 18.9 Å². The van der Waals surface area contributed by atoms with E-state index in [9.17, 15) is 14.7 Å².